The highest BCUT2D eigenvalue weighted by molar-refractivity contribution is 7.89. The van der Waals surface area contributed by atoms with Gasteiger partial charge in [0.05, 0.1) is 26.2 Å². The van der Waals surface area contributed by atoms with Crippen molar-refractivity contribution in [3.05, 3.63) is 47.0 Å². The van der Waals surface area contributed by atoms with Gasteiger partial charge in [0.2, 0.25) is 10.0 Å². The molecule has 27 heavy (non-hydrogen) atoms. The first-order chi connectivity index (χ1) is 12.8. The van der Waals surface area contributed by atoms with E-state index < -0.39 is 16.1 Å². The lowest BCUT2D eigenvalue weighted by Gasteiger charge is -2.21. The summed E-state index contributed by atoms with van der Waals surface area (Å²) in [5, 5.41) is 0. The molecule has 0 radical (unpaired) electrons. The number of nitrogens with one attached hydrogen (secondary N) is 1. The van der Waals surface area contributed by atoms with Crippen molar-refractivity contribution in [3.63, 3.8) is 0 Å². The molecule has 0 saturated carbocycles. The summed E-state index contributed by atoms with van der Waals surface area (Å²) in [6, 6.07) is 8.46. The van der Waals surface area contributed by atoms with E-state index in [0.29, 0.717) is 34.8 Å². The summed E-state index contributed by atoms with van der Waals surface area (Å²) in [5.74, 6) is 1.79. The van der Waals surface area contributed by atoms with Gasteiger partial charge in [-0.05, 0) is 61.2 Å². The van der Waals surface area contributed by atoms with Crippen molar-refractivity contribution in [2.24, 2.45) is 0 Å². The van der Waals surface area contributed by atoms with Crippen LogP contribution in [0.25, 0.3) is 0 Å². The molecule has 0 aliphatic carbocycles. The van der Waals surface area contributed by atoms with Crippen molar-refractivity contribution in [2.45, 2.75) is 38.1 Å². The number of benzene rings is 2. The van der Waals surface area contributed by atoms with E-state index >= 15 is 0 Å². The van der Waals surface area contributed by atoms with E-state index in [1.807, 2.05) is 13.0 Å². The maximum atomic E-state index is 13.1. The molecule has 2 rings (SSSR count). The van der Waals surface area contributed by atoms with Gasteiger partial charge in [-0.2, -0.15) is 0 Å². The second kappa shape index (κ2) is 8.63. The van der Waals surface area contributed by atoms with E-state index in [-0.39, 0.29) is 4.90 Å². The standard InChI is InChI=1S/C20H27NO5S/c1-7-17(15-8-9-18(25-5)19(12-15)26-6)21-27(22,23)20-13(2)10-16(24-4)11-14(20)3/h8-12,17,21H,7H2,1-6H3/t17-/m1/s1. The van der Waals surface area contributed by atoms with E-state index in [9.17, 15) is 8.42 Å². The Kier molecular flexibility index (Phi) is 6.73. The molecule has 0 bridgehead atoms. The van der Waals surface area contributed by atoms with Crippen molar-refractivity contribution in [1.29, 1.82) is 0 Å². The highest BCUT2D eigenvalue weighted by Gasteiger charge is 2.25. The SMILES string of the molecule is CC[C@@H](NS(=O)(=O)c1c(C)cc(OC)cc1C)c1ccc(OC)c(OC)c1. The van der Waals surface area contributed by atoms with Gasteiger partial charge in [-0.1, -0.05) is 13.0 Å². The first kappa shape index (κ1) is 21.1. The summed E-state index contributed by atoms with van der Waals surface area (Å²) in [6.45, 7) is 5.46. The summed E-state index contributed by atoms with van der Waals surface area (Å²) < 4.78 is 44.8. The van der Waals surface area contributed by atoms with Crippen LogP contribution in [0.15, 0.2) is 35.2 Å². The van der Waals surface area contributed by atoms with Crippen LogP contribution in [0.3, 0.4) is 0 Å². The first-order valence-corrected chi connectivity index (χ1v) is 10.1. The van der Waals surface area contributed by atoms with E-state index in [4.69, 9.17) is 14.2 Å². The Bertz CT molecular complexity index is 886. The van der Waals surface area contributed by atoms with E-state index in [0.717, 1.165) is 5.56 Å². The quantitative estimate of drug-likeness (QED) is 0.739. The predicted octanol–water partition coefficient (Wildman–Crippen LogP) is 3.76. The molecule has 0 heterocycles. The Morgan fingerprint density at radius 2 is 1.52 bits per heavy atom. The lowest BCUT2D eigenvalue weighted by atomic mass is 10.1. The van der Waals surface area contributed by atoms with Crippen molar-refractivity contribution in [3.8, 4) is 17.2 Å². The van der Waals surface area contributed by atoms with E-state index in [2.05, 4.69) is 4.72 Å². The Hall–Kier alpha value is -2.25. The summed E-state index contributed by atoms with van der Waals surface area (Å²) in [4.78, 5) is 0.280. The molecule has 0 aliphatic heterocycles. The summed E-state index contributed by atoms with van der Waals surface area (Å²) in [5.41, 5.74) is 2.09. The molecular formula is C20H27NO5S. The van der Waals surface area contributed by atoms with Crippen LogP contribution in [0.1, 0.15) is 36.1 Å². The molecule has 6 nitrogen and oxygen atoms in total. The second-order valence-electron chi connectivity index (χ2n) is 6.29. The Labute approximate surface area is 161 Å². The number of methoxy groups -OCH3 is 3. The van der Waals surface area contributed by atoms with Crippen LogP contribution in [-0.4, -0.2) is 29.7 Å². The zero-order valence-electron chi connectivity index (χ0n) is 16.6. The minimum absolute atomic E-state index is 0.280. The van der Waals surface area contributed by atoms with Gasteiger partial charge in [-0.15, -0.1) is 0 Å². The molecule has 0 amide bonds. The van der Waals surface area contributed by atoms with E-state index in [1.165, 1.54) is 0 Å². The molecule has 1 N–H and O–H groups in total. The molecule has 2 aromatic carbocycles. The van der Waals surface area contributed by atoms with Crippen LogP contribution >= 0.6 is 0 Å². The molecule has 0 unspecified atom stereocenters. The van der Waals surface area contributed by atoms with Crippen LogP contribution in [0.5, 0.6) is 17.2 Å². The molecule has 1 atom stereocenters. The average Bonchev–Trinajstić information content (AvgIpc) is 2.64. The largest absolute Gasteiger partial charge is 0.497 e. The molecule has 7 heteroatoms. The zero-order chi connectivity index (χ0) is 20.2. The van der Waals surface area contributed by atoms with Gasteiger partial charge < -0.3 is 14.2 Å². The average molecular weight is 394 g/mol. The third kappa shape index (κ3) is 4.54. The fraction of sp³-hybridized carbons (Fsp3) is 0.400. The Morgan fingerprint density at radius 3 is 2.00 bits per heavy atom. The minimum atomic E-state index is -3.72. The maximum Gasteiger partial charge on any atom is 0.241 e. The molecule has 0 aromatic heterocycles. The monoisotopic (exact) mass is 393 g/mol. The molecule has 2 aromatic rings. The lowest BCUT2D eigenvalue weighted by Crippen LogP contribution is -2.29. The van der Waals surface area contributed by atoms with Crippen molar-refractivity contribution in [1.82, 2.24) is 4.72 Å². The van der Waals surface area contributed by atoms with Crippen LogP contribution in [0.2, 0.25) is 0 Å². The summed E-state index contributed by atoms with van der Waals surface area (Å²) >= 11 is 0. The third-order valence-corrected chi connectivity index (χ3v) is 6.23. The van der Waals surface area contributed by atoms with Gasteiger partial charge in [0.25, 0.3) is 0 Å². The number of sulfonamides is 1. The number of ether oxygens (including phenoxy) is 3. The van der Waals surface area contributed by atoms with Gasteiger partial charge >= 0.3 is 0 Å². The zero-order valence-corrected chi connectivity index (χ0v) is 17.4. The van der Waals surface area contributed by atoms with Crippen LogP contribution in [0.4, 0.5) is 0 Å². The second-order valence-corrected chi connectivity index (χ2v) is 7.94. The van der Waals surface area contributed by atoms with Gasteiger partial charge in [-0.3, -0.25) is 0 Å². The fourth-order valence-electron chi connectivity index (χ4n) is 3.16. The van der Waals surface area contributed by atoms with Gasteiger partial charge in [0.1, 0.15) is 5.75 Å². The summed E-state index contributed by atoms with van der Waals surface area (Å²) in [6.07, 6.45) is 0.586. The van der Waals surface area contributed by atoms with Gasteiger partial charge in [0.15, 0.2) is 11.5 Å². The summed E-state index contributed by atoms with van der Waals surface area (Å²) in [7, 11) is 0.956. The van der Waals surface area contributed by atoms with E-state index in [1.54, 1.807) is 59.4 Å². The number of aryl methyl sites for hydroxylation is 2. The van der Waals surface area contributed by atoms with Gasteiger partial charge in [-0.25, -0.2) is 13.1 Å². The molecule has 0 saturated heterocycles. The number of rotatable bonds is 8. The minimum Gasteiger partial charge on any atom is -0.497 e. The van der Waals surface area contributed by atoms with Gasteiger partial charge in [0, 0.05) is 6.04 Å². The van der Waals surface area contributed by atoms with Crippen LogP contribution < -0.4 is 18.9 Å². The van der Waals surface area contributed by atoms with Crippen molar-refractivity contribution < 1.29 is 22.6 Å². The molecule has 0 spiro atoms. The maximum absolute atomic E-state index is 13.1. The lowest BCUT2D eigenvalue weighted by molar-refractivity contribution is 0.354. The smallest absolute Gasteiger partial charge is 0.241 e. The Morgan fingerprint density at radius 1 is 0.926 bits per heavy atom. The topological polar surface area (TPSA) is 73.9 Å². The normalized spacial score (nSPS) is 12.5. The number of hydrogen-bond acceptors (Lipinski definition) is 5. The first-order valence-electron chi connectivity index (χ1n) is 8.66. The predicted molar refractivity (Wildman–Crippen MR) is 105 cm³/mol. The Balaban J connectivity index is 2.41. The van der Waals surface area contributed by atoms with Crippen molar-refractivity contribution in [2.75, 3.05) is 21.3 Å². The highest BCUT2D eigenvalue weighted by atomic mass is 32.2. The third-order valence-electron chi connectivity index (χ3n) is 4.45. The molecule has 0 aliphatic rings. The molecule has 148 valence electrons. The van der Waals surface area contributed by atoms with Crippen molar-refractivity contribution >= 4 is 10.0 Å². The van der Waals surface area contributed by atoms with Crippen LogP contribution in [0, 0.1) is 13.8 Å². The van der Waals surface area contributed by atoms with Crippen LogP contribution in [-0.2, 0) is 10.0 Å². The highest BCUT2D eigenvalue weighted by Crippen LogP contribution is 2.32. The fourth-order valence-corrected chi connectivity index (χ4v) is 4.92. The number of hydrogen-bond donors (Lipinski definition) is 1. The molecular weight excluding hydrogens is 366 g/mol. The molecule has 0 fully saturated rings.